The van der Waals surface area contributed by atoms with Crippen LogP contribution in [0, 0.1) is 34.6 Å². The molecule has 0 unspecified atom stereocenters. The van der Waals surface area contributed by atoms with Crippen LogP contribution in [0.25, 0.3) is 11.1 Å². The van der Waals surface area contributed by atoms with E-state index in [2.05, 4.69) is 10.6 Å². The summed E-state index contributed by atoms with van der Waals surface area (Å²) >= 11 is 1.63. The molecule has 0 radical (unpaired) electrons. The van der Waals surface area contributed by atoms with E-state index in [1.54, 1.807) is 23.5 Å². The molecule has 4 aromatic rings. The first-order valence-electron chi connectivity index (χ1n) is 14.7. The van der Waals surface area contributed by atoms with Gasteiger partial charge in [-0.15, -0.1) is 11.3 Å². The molecule has 9 heteroatoms. The molecular formula is C35H34N4O4S. The van der Waals surface area contributed by atoms with Crippen molar-refractivity contribution in [2.45, 2.75) is 60.3 Å². The number of hydrogen-bond acceptors (Lipinski definition) is 5. The number of nitrogens with zero attached hydrogens (tertiary/aromatic N) is 2. The maximum atomic E-state index is 13.8. The summed E-state index contributed by atoms with van der Waals surface area (Å²) in [6, 6.07) is 14.2. The highest BCUT2D eigenvalue weighted by Crippen LogP contribution is 2.39. The van der Waals surface area contributed by atoms with Crippen LogP contribution in [0.1, 0.15) is 67.3 Å². The minimum atomic E-state index is -0.778. The first-order valence-corrected chi connectivity index (χ1v) is 15.6. The van der Waals surface area contributed by atoms with Crippen LogP contribution in [0.4, 0.5) is 16.2 Å². The number of barbiturate groups is 1. The number of urea groups is 1. The quantitative estimate of drug-likeness (QED) is 0.191. The SMILES string of the molecule is Cc1ccc(NC(=O)c2c(-n3c(C)cc(/C=C4\C(=O)NC(=O)N(c5ccc(C)c(C)c5)C4=O)c3C)sc3c2CCCC3)cc1. The Bertz CT molecular complexity index is 1890. The summed E-state index contributed by atoms with van der Waals surface area (Å²) in [7, 11) is 0. The predicted octanol–water partition coefficient (Wildman–Crippen LogP) is 6.88. The molecular weight excluding hydrogens is 572 g/mol. The molecule has 1 aliphatic heterocycles. The molecule has 1 saturated heterocycles. The van der Waals surface area contributed by atoms with Crippen LogP contribution in [0.15, 0.2) is 54.1 Å². The number of thiophene rings is 1. The van der Waals surface area contributed by atoms with Crippen molar-refractivity contribution in [3.8, 4) is 5.00 Å². The van der Waals surface area contributed by atoms with Crippen LogP contribution in [-0.2, 0) is 22.4 Å². The molecule has 2 aromatic heterocycles. The van der Waals surface area contributed by atoms with Crippen molar-refractivity contribution in [1.82, 2.24) is 9.88 Å². The van der Waals surface area contributed by atoms with Gasteiger partial charge in [0.25, 0.3) is 17.7 Å². The Morgan fingerprint density at radius 1 is 0.909 bits per heavy atom. The third-order valence-corrected chi connectivity index (χ3v) is 9.79. The zero-order valence-corrected chi connectivity index (χ0v) is 26.3. The van der Waals surface area contributed by atoms with E-state index in [0.29, 0.717) is 16.8 Å². The van der Waals surface area contributed by atoms with Crippen molar-refractivity contribution < 1.29 is 19.2 Å². The van der Waals surface area contributed by atoms with Gasteiger partial charge in [-0.25, -0.2) is 9.69 Å². The second-order valence-electron chi connectivity index (χ2n) is 11.6. The second kappa shape index (κ2) is 11.4. The summed E-state index contributed by atoms with van der Waals surface area (Å²) in [5.41, 5.74) is 8.14. The molecule has 5 amide bonds. The van der Waals surface area contributed by atoms with Crippen LogP contribution in [-0.4, -0.2) is 28.3 Å². The van der Waals surface area contributed by atoms with Gasteiger partial charge in [-0.2, -0.15) is 0 Å². The third-order valence-electron chi connectivity index (χ3n) is 8.51. The number of rotatable bonds is 5. The Balaban J connectivity index is 1.41. The number of fused-ring (bicyclic) bond motifs is 1. The van der Waals surface area contributed by atoms with E-state index in [9.17, 15) is 19.2 Å². The summed E-state index contributed by atoms with van der Waals surface area (Å²) in [5, 5.41) is 6.24. The van der Waals surface area contributed by atoms with E-state index in [0.717, 1.165) is 74.9 Å². The van der Waals surface area contributed by atoms with Gasteiger partial charge in [0.2, 0.25) is 0 Å². The third kappa shape index (κ3) is 5.17. The fourth-order valence-corrected chi connectivity index (χ4v) is 7.43. The first-order chi connectivity index (χ1) is 21.0. The van der Waals surface area contributed by atoms with Gasteiger partial charge in [-0.05, 0) is 119 Å². The Morgan fingerprint density at radius 2 is 1.64 bits per heavy atom. The summed E-state index contributed by atoms with van der Waals surface area (Å²) in [5.74, 6) is -1.58. The zero-order chi connectivity index (χ0) is 31.3. The lowest BCUT2D eigenvalue weighted by atomic mass is 9.95. The lowest BCUT2D eigenvalue weighted by Crippen LogP contribution is -2.54. The van der Waals surface area contributed by atoms with Crippen LogP contribution >= 0.6 is 11.3 Å². The van der Waals surface area contributed by atoms with Crippen molar-refractivity contribution in [1.29, 1.82) is 0 Å². The highest BCUT2D eigenvalue weighted by molar-refractivity contribution is 7.15. The van der Waals surface area contributed by atoms with E-state index >= 15 is 0 Å². The highest BCUT2D eigenvalue weighted by atomic mass is 32.1. The molecule has 0 saturated carbocycles. The molecule has 0 bridgehead atoms. The number of amides is 5. The van der Waals surface area contributed by atoms with Crippen LogP contribution < -0.4 is 15.5 Å². The van der Waals surface area contributed by atoms with E-state index in [1.807, 2.05) is 75.6 Å². The Hall–Kier alpha value is -4.76. The summed E-state index contributed by atoms with van der Waals surface area (Å²) in [6.45, 7) is 9.72. The summed E-state index contributed by atoms with van der Waals surface area (Å²) in [4.78, 5) is 55.4. The van der Waals surface area contributed by atoms with Gasteiger partial charge in [-0.1, -0.05) is 23.8 Å². The molecule has 3 heterocycles. The van der Waals surface area contributed by atoms with Gasteiger partial charge in [0.15, 0.2) is 0 Å². The van der Waals surface area contributed by atoms with Crippen molar-refractivity contribution in [3.05, 3.63) is 104 Å². The second-order valence-corrected chi connectivity index (χ2v) is 12.7. The van der Waals surface area contributed by atoms with E-state index in [-0.39, 0.29) is 11.5 Å². The minimum absolute atomic E-state index is 0.133. The van der Waals surface area contributed by atoms with Crippen LogP contribution in [0.5, 0.6) is 0 Å². The largest absolute Gasteiger partial charge is 0.335 e. The molecule has 6 rings (SSSR count). The van der Waals surface area contributed by atoms with Gasteiger partial charge in [0.05, 0.1) is 11.3 Å². The Labute approximate surface area is 260 Å². The Kier molecular flexibility index (Phi) is 7.59. The lowest BCUT2D eigenvalue weighted by molar-refractivity contribution is -0.122. The number of aryl methyl sites for hydroxylation is 5. The molecule has 44 heavy (non-hydrogen) atoms. The average molecular weight is 607 g/mol. The standard InChI is InChI=1S/C35H34N4O4S/c1-19-10-13-25(14-11-19)36-32(41)30-27-8-6-7-9-29(27)44-34(30)38-22(4)17-24(23(38)5)18-28-31(40)37-35(43)39(33(28)42)26-15-12-20(2)21(3)16-26/h10-18H,6-9H2,1-5H3,(H,36,41)(H,37,40,43)/b28-18+. The molecule has 1 fully saturated rings. The summed E-state index contributed by atoms with van der Waals surface area (Å²) < 4.78 is 2.04. The minimum Gasteiger partial charge on any atom is -0.322 e. The van der Waals surface area contributed by atoms with Gasteiger partial charge in [-0.3, -0.25) is 19.7 Å². The molecule has 0 atom stereocenters. The number of hydrogen-bond donors (Lipinski definition) is 2. The fourth-order valence-electron chi connectivity index (χ4n) is 5.93. The van der Waals surface area contributed by atoms with Gasteiger partial charge >= 0.3 is 6.03 Å². The zero-order valence-electron chi connectivity index (χ0n) is 25.5. The number of carbonyl (C=O) groups excluding carboxylic acids is 4. The van der Waals surface area contributed by atoms with Crippen molar-refractivity contribution in [2.24, 2.45) is 0 Å². The van der Waals surface area contributed by atoms with E-state index in [1.165, 1.54) is 11.0 Å². The molecule has 224 valence electrons. The van der Waals surface area contributed by atoms with Crippen LogP contribution in [0.2, 0.25) is 0 Å². The summed E-state index contributed by atoms with van der Waals surface area (Å²) in [6.07, 6.45) is 5.42. The lowest BCUT2D eigenvalue weighted by Gasteiger charge is -2.26. The average Bonchev–Trinajstić information content (AvgIpc) is 3.49. The molecule has 2 aromatic carbocycles. The number of nitrogens with one attached hydrogen (secondary N) is 2. The molecule has 8 nitrogen and oxygen atoms in total. The van der Waals surface area contributed by atoms with Gasteiger partial charge in [0, 0.05) is 22.0 Å². The van der Waals surface area contributed by atoms with E-state index < -0.39 is 17.8 Å². The maximum absolute atomic E-state index is 13.8. The Morgan fingerprint density at radius 3 is 2.36 bits per heavy atom. The molecule has 1 aliphatic carbocycles. The van der Waals surface area contributed by atoms with Crippen molar-refractivity contribution in [3.63, 3.8) is 0 Å². The van der Waals surface area contributed by atoms with Crippen LogP contribution in [0.3, 0.4) is 0 Å². The number of benzene rings is 2. The maximum Gasteiger partial charge on any atom is 0.335 e. The van der Waals surface area contributed by atoms with E-state index in [4.69, 9.17) is 0 Å². The molecule has 2 aliphatic rings. The van der Waals surface area contributed by atoms with Gasteiger partial charge < -0.3 is 9.88 Å². The fraction of sp³-hybridized carbons (Fsp3) is 0.257. The normalized spacial score (nSPS) is 15.9. The topological polar surface area (TPSA) is 101 Å². The molecule has 2 N–H and O–H groups in total. The number of aromatic nitrogens is 1. The monoisotopic (exact) mass is 606 g/mol. The van der Waals surface area contributed by atoms with Crippen molar-refractivity contribution >= 4 is 52.5 Å². The van der Waals surface area contributed by atoms with Crippen molar-refractivity contribution in [2.75, 3.05) is 10.2 Å². The molecule has 0 spiro atoms. The highest BCUT2D eigenvalue weighted by Gasteiger charge is 2.37. The number of carbonyl (C=O) groups is 4. The van der Waals surface area contributed by atoms with Gasteiger partial charge in [0.1, 0.15) is 10.6 Å². The smallest absolute Gasteiger partial charge is 0.322 e. The number of imide groups is 2. The predicted molar refractivity (Wildman–Crippen MR) is 174 cm³/mol. The first kappa shape index (κ1) is 29.3. The number of anilines is 2.